The van der Waals surface area contributed by atoms with Gasteiger partial charge in [0.15, 0.2) is 5.65 Å². The van der Waals surface area contributed by atoms with Crippen molar-refractivity contribution in [2.45, 2.75) is 44.8 Å². The lowest BCUT2D eigenvalue weighted by molar-refractivity contribution is 0.107. The summed E-state index contributed by atoms with van der Waals surface area (Å²) in [5.41, 5.74) is 1.89. The molecule has 2 saturated heterocycles. The Bertz CT molecular complexity index is 745. The smallest absolute Gasteiger partial charge is 0.317 e. The number of carbonyl (C=O) groups excluding carboxylic acids is 1. The van der Waals surface area contributed by atoms with Gasteiger partial charge in [0.25, 0.3) is 0 Å². The minimum Gasteiger partial charge on any atom is -0.376 e. The summed E-state index contributed by atoms with van der Waals surface area (Å²) in [4.78, 5) is 23.4. The molecule has 2 amide bonds. The normalized spacial score (nSPS) is 21.8. The molecular weight excluding hydrogens is 318 g/mol. The van der Waals surface area contributed by atoms with E-state index in [2.05, 4.69) is 19.9 Å². The number of pyridine rings is 1. The van der Waals surface area contributed by atoms with Crippen molar-refractivity contribution in [3.8, 4) is 0 Å². The van der Waals surface area contributed by atoms with E-state index < -0.39 is 0 Å². The zero-order valence-corrected chi connectivity index (χ0v) is 14.6. The van der Waals surface area contributed by atoms with Crippen molar-refractivity contribution in [2.24, 2.45) is 0 Å². The second-order valence-corrected chi connectivity index (χ2v) is 6.91. The number of rotatable bonds is 3. The molecule has 1 N–H and O–H groups in total. The van der Waals surface area contributed by atoms with Gasteiger partial charge in [-0.1, -0.05) is 0 Å². The summed E-state index contributed by atoms with van der Waals surface area (Å²) in [5.74, 6) is 0.995. The highest BCUT2D eigenvalue weighted by molar-refractivity contribution is 5.74. The van der Waals surface area contributed by atoms with Crippen molar-refractivity contribution >= 4 is 17.2 Å². The van der Waals surface area contributed by atoms with E-state index in [0.29, 0.717) is 12.6 Å². The summed E-state index contributed by atoms with van der Waals surface area (Å²) in [6.07, 6.45) is 5.99. The van der Waals surface area contributed by atoms with Crippen LogP contribution in [0.3, 0.4) is 0 Å². The Morgan fingerprint density at radius 2 is 2.20 bits per heavy atom. The molecule has 1 atom stereocenters. The lowest BCUT2D eigenvalue weighted by Crippen LogP contribution is -2.46. The van der Waals surface area contributed by atoms with Gasteiger partial charge in [0.1, 0.15) is 11.3 Å². The number of amides is 2. The van der Waals surface area contributed by atoms with Crippen molar-refractivity contribution in [3.05, 3.63) is 24.2 Å². The van der Waals surface area contributed by atoms with Gasteiger partial charge in [0, 0.05) is 38.5 Å². The molecule has 2 aromatic rings. The van der Waals surface area contributed by atoms with Crippen molar-refractivity contribution in [1.82, 2.24) is 24.8 Å². The maximum atomic E-state index is 12.4. The molecular formula is C18H25N5O2. The number of hydrogen-bond donors (Lipinski definition) is 1. The van der Waals surface area contributed by atoms with Crippen LogP contribution in [0.2, 0.25) is 0 Å². The molecule has 0 aliphatic carbocycles. The van der Waals surface area contributed by atoms with Crippen LogP contribution in [0.5, 0.6) is 0 Å². The molecule has 4 heterocycles. The molecule has 0 bridgehead atoms. The van der Waals surface area contributed by atoms with Crippen LogP contribution in [-0.2, 0) is 4.74 Å². The summed E-state index contributed by atoms with van der Waals surface area (Å²) >= 11 is 0. The molecule has 0 unspecified atom stereocenters. The van der Waals surface area contributed by atoms with E-state index in [1.165, 1.54) is 0 Å². The first-order valence-corrected chi connectivity index (χ1v) is 9.16. The highest BCUT2D eigenvalue weighted by atomic mass is 16.5. The number of piperidine rings is 1. The Morgan fingerprint density at radius 3 is 2.96 bits per heavy atom. The lowest BCUT2D eigenvalue weighted by atomic mass is 10.0. The van der Waals surface area contributed by atoms with Crippen LogP contribution in [0.1, 0.15) is 37.5 Å². The van der Waals surface area contributed by atoms with Gasteiger partial charge in [-0.15, -0.1) is 0 Å². The van der Waals surface area contributed by atoms with Crippen molar-refractivity contribution in [3.63, 3.8) is 0 Å². The van der Waals surface area contributed by atoms with Crippen molar-refractivity contribution < 1.29 is 9.53 Å². The van der Waals surface area contributed by atoms with Gasteiger partial charge in [-0.2, -0.15) is 0 Å². The monoisotopic (exact) mass is 343 g/mol. The van der Waals surface area contributed by atoms with Gasteiger partial charge < -0.3 is 19.5 Å². The summed E-state index contributed by atoms with van der Waals surface area (Å²) in [5, 5.41) is 3.02. The third kappa shape index (κ3) is 3.33. The second kappa shape index (κ2) is 7.00. The molecule has 0 saturated carbocycles. The van der Waals surface area contributed by atoms with Crippen LogP contribution in [0.25, 0.3) is 11.2 Å². The van der Waals surface area contributed by atoms with Gasteiger partial charge in [-0.3, -0.25) is 0 Å². The SMILES string of the molecule is Cc1nc2cccnc2n1C1CCN(C(=O)NC[C@@H]2CCCO2)CC1. The van der Waals surface area contributed by atoms with E-state index in [0.717, 1.165) is 62.4 Å². The predicted molar refractivity (Wildman–Crippen MR) is 94.5 cm³/mol. The topological polar surface area (TPSA) is 72.3 Å². The molecule has 134 valence electrons. The predicted octanol–water partition coefficient (Wildman–Crippen LogP) is 2.27. The minimum atomic E-state index is 0.0271. The number of imidazole rings is 1. The Kier molecular flexibility index (Phi) is 4.57. The number of nitrogens with zero attached hydrogens (tertiary/aromatic N) is 4. The van der Waals surface area contributed by atoms with E-state index in [4.69, 9.17) is 4.74 Å². The number of nitrogens with one attached hydrogen (secondary N) is 1. The molecule has 7 nitrogen and oxygen atoms in total. The van der Waals surface area contributed by atoms with Gasteiger partial charge in [-0.05, 0) is 44.7 Å². The van der Waals surface area contributed by atoms with Crippen LogP contribution in [0, 0.1) is 6.92 Å². The van der Waals surface area contributed by atoms with E-state index in [9.17, 15) is 4.79 Å². The zero-order chi connectivity index (χ0) is 17.2. The first kappa shape index (κ1) is 16.3. The van der Waals surface area contributed by atoms with Crippen LogP contribution in [0.15, 0.2) is 18.3 Å². The third-order valence-corrected chi connectivity index (χ3v) is 5.25. The van der Waals surface area contributed by atoms with E-state index >= 15 is 0 Å². The van der Waals surface area contributed by atoms with Crippen molar-refractivity contribution in [2.75, 3.05) is 26.2 Å². The fourth-order valence-corrected chi connectivity index (χ4v) is 3.93. The molecule has 2 fully saturated rings. The fourth-order valence-electron chi connectivity index (χ4n) is 3.93. The minimum absolute atomic E-state index is 0.0271. The number of aryl methyl sites for hydroxylation is 1. The van der Waals surface area contributed by atoms with Crippen LogP contribution < -0.4 is 5.32 Å². The molecule has 2 aliphatic rings. The van der Waals surface area contributed by atoms with Crippen molar-refractivity contribution in [1.29, 1.82) is 0 Å². The first-order valence-electron chi connectivity index (χ1n) is 9.16. The molecule has 0 radical (unpaired) electrons. The molecule has 0 aromatic carbocycles. The fraction of sp³-hybridized carbons (Fsp3) is 0.611. The average molecular weight is 343 g/mol. The average Bonchev–Trinajstić information content (AvgIpc) is 3.26. The lowest BCUT2D eigenvalue weighted by Gasteiger charge is -2.33. The maximum Gasteiger partial charge on any atom is 0.317 e. The summed E-state index contributed by atoms with van der Waals surface area (Å²) < 4.78 is 7.79. The second-order valence-electron chi connectivity index (χ2n) is 6.91. The van der Waals surface area contributed by atoms with E-state index in [1.54, 1.807) is 0 Å². The van der Waals surface area contributed by atoms with E-state index in [1.807, 2.05) is 30.2 Å². The quantitative estimate of drug-likeness (QED) is 0.928. The third-order valence-electron chi connectivity index (χ3n) is 5.25. The number of hydrogen-bond acceptors (Lipinski definition) is 4. The molecule has 2 aromatic heterocycles. The Morgan fingerprint density at radius 1 is 1.36 bits per heavy atom. The number of fused-ring (bicyclic) bond motifs is 1. The molecule has 4 rings (SSSR count). The number of ether oxygens (including phenoxy) is 1. The van der Waals surface area contributed by atoms with Gasteiger partial charge in [0.05, 0.1) is 6.10 Å². The highest BCUT2D eigenvalue weighted by Gasteiger charge is 2.27. The number of carbonyl (C=O) groups is 1. The summed E-state index contributed by atoms with van der Waals surface area (Å²) in [7, 11) is 0. The van der Waals surface area contributed by atoms with Crippen LogP contribution in [0.4, 0.5) is 4.79 Å². The largest absolute Gasteiger partial charge is 0.376 e. The highest BCUT2D eigenvalue weighted by Crippen LogP contribution is 2.27. The Hall–Kier alpha value is -2.15. The molecule has 25 heavy (non-hydrogen) atoms. The number of likely N-dealkylation sites (tertiary alicyclic amines) is 1. The van der Waals surface area contributed by atoms with E-state index in [-0.39, 0.29) is 12.1 Å². The van der Waals surface area contributed by atoms with Gasteiger partial charge >= 0.3 is 6.03 Å². The Balaban J connectivity index is 1.36. The summed E-state index contributed by atoms with van der Waals surface area (Å²) in [6, 6.07) is 4.29. The van der Waals surface area contributed by atoms with Crippen LogP contribution >= 0.6 is 0 Å². The molecule has 0 spiro atoms. The first-order chi connectivity index (χ1) is 12.2. The Labute approximate surface area is 147 Å². The van der Waals surface area contributed by atoms with Crippen LogP contribution in [-0.4, -0.2) is 57.8 Å². The van der Waals surface area contributed by atoms with Gasteiger partial charge in [-0.25, -0.2) is 14.8 Å². The summed E-state index contributed by atoms with van der Waals surface area (Å²) in [6.45, 7) is 4.98. The zero-order valence-electron chi connectivity index (χ0n) is 14.6. The molecule has 2 aliphatic heterocycles. The maximum absolute atomic E-state index is 12.4. The standard InChI is InChI=1S/C18H25N5O2/c1-13-21-16-5-2-8-19-17(16)23(13)14-6-9-22(10-7-14)18(24)20-12-15-4-3-11-25-15/h2,5,8,14-15H,3-4,6-7,9-12H2,1H3,(H,20,24)/t15-/m0/s1. The molecule has 7 heteroatoms. The van der Waals surface area contributed by atoms with Gasteiger partial charge in [0.2, 0.25) is 0 Å². The number of urea groups is 1. The number of aromatic nitrogens is 3.